The average molecular weight is 380 g/mol. The van der Waals surface area contributed by atoms with Crippen LogP contribution in [0.3, 0.4) is 0 Å². The molecule has 3 rings (SSSR count). The first kappa shape index (κ1) is 17.9. The van der Waals surface area contributed by atoms with E-state index < -0.39 is 23.3 Å². The number of rotatable bonds is 2. The van der Waals surface area contributed by atoms with Crippen LogP contribution in [-0.4, -0.2) is 21.3 Å². The number of phenols is 2. The molecule has 0 radical (unpaired) electrons. The SMILES string of the molecule is N=C1S/C(=C\c2ccc(O)cc2O)C(=O)N1c1ccccc1C(F)(F)F. The summed E-state index contributed by atoms with van der Waals surface area (Å²) in [6, 6.07) is 8.22. The van der Waals surface area contributed by atoms with Crippen molar-refractivity contribution >= 4 is 34.6 Å². The molecule has 0 atom stereocenters. The smallest absolute Gasteiger partial charge is 0.418 e. The zero-order chi connectivity index (χ0) is 19.1. The standard InChI is InChI=1S/C17H11F3N2O3S/c18-17(19,20)11-3-1-2-4-12(11)22-15(25)14(26-16(22)21)7-9-5-6-10(23)8-13(9)24/h1-8,21,23-24H/b14-7-,21-16?. The highest BCUT2D eigenvalue weighted by Crippen LogP contribution is 2.42. The zero-order valence-electron chi connectivity index (χ0n) is 12.9. The fraction of sp³-hybridized carbons (Fsp3) is 0.0588. The van der Waals surface area contributed by atoms with Gasteiger partial charge in [0, 0.05) is 11.6 Å². The third kappa shape index (κ3) is 3.25. The lowest BCUT2D eigenvalue weighted by molar-refractivity contribution is -0.137. The number of alkyl halides is 3. The lowest BCUT2D eigenvalue weighted by Gasteiger charge is -2.19. The molecule has 1 amide bonds. The van der Waals surface area contributed by atoms with Gasteiger partial charge >= 0.3 is 6.18 Å². The summed E-state index contributed by atoms with van der Waals surface area (Å²) in [7, 11) is 0. The molecular weight excluding hydrogens is 369 g/mol. The number of para-hydroxylation sites is 1. The van der Waals surface area contributed by atoms with E-state index >= 15 is 0 Å². The molecule has 0 unspecified atom stereocenters. The van der Waals surface area contributed by atoms with E-state index in [-0.39, 0.29) is 27.1 Å². The number of benzene rings is 2. The van der Waals surface area contributed by atoms with Crippen LogP contribution in [0.1, 0.15) is 11.1 Å². The number of halogens is 3. The Labute approximate surface area is 149 Å². The Hall–Kier alpha value is -2.94. The van der Waals surface area contributed by atoms with Crippen LogP contribution in [0.15, 0.2) is 47.4 Å². The summed E-state index contributed by atoms with van der Waals surface area (Å²) in [6.45, 7) is 0. The molecule has 1 fully saturated rings. The second-order valence-electron chi connectivity index (χ2n) is 5.31. The Morgan fingerprint density at radius 1 is 1.12 bits per heavy atom. The van der Waals surface area contributed by atoms with E-state index in [1.54, 1.807) is 0 Å². The van der Waals surface area contributed by atoms with Crippen molar-refractivity contribution in [1.82, 2.24) is 0 Å². The highest BCUT2D eigenvalue weighted by atomic mass is 32.2. The summed E-state index contributed by atoms with van der Waals surface area (Å²) in [5.74, 6) is -1.28. The molecule has 2 aromatic carbocycles. The van der Waals surface area contributed by atoms with E-state index in [9.17, 15) is 28.2 Å². The fourth-order valence-corrected chi connectivity index (χ4v) is 3.25. The Bertz CT molecular complexity index is 941. The molecule has 0 spiro atoms. The van der Waals surface area contributed by atoms with Gasteiger partial charge in [-0.3, -0.25) is 15.1 Å². The van der Waals surface area contributed by atoms with Crippen LogP contribution in [0, 0.1) is 5.41 Å². The number of hydrogen-bond donors (Lipinski definition) is 3. The molecule has 1 aliphatic heterocycles. The number of hydrogen-bond acceptors (Lipinski definition) is 5. The van der Waals surface area contributed by atoms with Crippen LogP contribution >= 0.6 is 11.8 Å². The van der Waals surface area contributed by atoms with Crippen molar-refractivity contribution < 1.29 is 28.2 Å². The summed E-state index contributed by atoms with van der Waals surface area (Å²) in [5.41, 5.74) is -1.26. The molecule has 0 aliphatic carbocycles. The number of amidine groups is 1. The Balaban J connectivity index is 2.02. The molecule has 2 aromatic rings. The predicted octanol–water partition coefficient (Wildman–Crippen LogP) is 4.17. The average Bonchev–Trinajstić information content (AvgIpc) is 2.83. The maximum atomic E-state index is 13.2. The molecule has 9 heteroatoms. The highest BCUT2D eigenvalue weighted by Gasteiger charge is 2.40. The van der Waals surface area contributed by atoms with Gasteiger partial charge in [0.05, 0.1) is 16.2 Å². The second-order valence-corrected chi connectivity index (χ2v) is 6.35. The molecule has 5 nitrogen and oxygen atoms in total. The van der Waals surface area contributed by atoms with Gasteiger partial charge in [0.15, 0.2) is 5.17 Å². The molecule has 1 heterocycles. The second kappa shape index (κ2) is 6.41. The molecule has 1 saturated heterocycles. The van der Waals surface area contributed by atoms with E-state index in [0.717, 1.165) is 18.2 Å². The molecular formula is C17H11F3N2O3S. The fourth-order valence-electron chi connectivity index (χ4n) is 2.41. The number of amides is 1. The maximum Gasteiger partial charge on any atom is 0.418 e. The van der Waals surface area contributed by atoms with E-state index in [1.165, 1.54) is 30.3 Å². The summed E-state index contributed by atoms with van der Waals surface area (Å²) >= 11 is 0.684. The van der Waals surface area contributed by atoms with E-state index in [4.69, 9.17) is 5.41 Å². The molecule has 0 aromatic heterocycles. The van der Waals surface area contributed by atoms with Crippen molar-refractivity contribution in [3.63, 3.8) is 0 Å². The quantitative estimate of drug-likeness (QED) is 0.683. The number of nitrogens with one attached hydrogen (secondary N) is 1. The summed E-state index contributed by atoms with van der Waals surface area (Å²) in [4.78, 5) is 13.2. The first-order valence-corrected chi connectivity index (χ1v) is 8.01. The number of aromatic hydroxyl groups is 2. The number of carbonyl (C=O) groups is 1. The minimum atomic E-state index is -4.68. The van der Waals surface area contributed by atoms with Crippen LogP contribution in [-0.2, 0) is 11.0 Å². The topological polar surface area (TPSA) is 84.6 Å². The summed E-state index contributed by atoms with van der Waals surface area (Å²) in [6.07, 6.45) is -3.42. The highest BCUT2D eigenvalue weighted by molar-refractivity contribution is 8.19. The largest absolute Gasteiger partial charge is 0.508 e. The van der Waals surface area contributed by atoms with Crippen molar-refractivity contribution in [2.24, 2.45) is 0 Å². The number of nitrogens with zero attached hydrogens (tertiary/aromatic N) is 1. The van der Waals surface area contributed by atoms with Gasteiger partial charge in [0.1, 0.15) is 11.5 Å². The van der Waals surface area contributed by atoms with Gasteiger partial charge in [-0.05, 0) is 42.1 Å². The van der Waals surface area contributed by atoms with Crippen molar-refractivity contribution in [2.45, 2.75) is 6.18 Å². The van der Waals surface area contributed by atoms with Crippen LogP contribution in [0.2, 0.25) is 0 Å². The van der Waals surface area contributed by atoms with Crippen LogP contribution in [0.5, 0.6) is 11.5 Å². The monoisotopic (exact) mass is 380 g/mol. The maximum absolute atomic E-state index is 13.2. The molecule has 26 heavy (non-hydrogen) atoms. The van der Waals surface area contributed by atoms with Crippen molar-refractivity contribution in [2.75, 3.05) is 4.90 Å². The van der Waals surface area contributed by atoms with Gasteiger partial charge in [-0.1, -0.05) is 12.1 Å². The first-order chi connectivity index (χ1) is 12.2. The zero-order valence-corrected chi connectivity index (χ0v) is 13.7. The van der Waals surface area contributed by atoms with Gasteiger partial charge in [-0.2, -0.15) is 13.2 Å². The van der Waals surface area contributed by atoms with Crippen molar-refractivity contribution in [3.8, 4) is 11.5 Å². The van der Waals surface area contributed by atoms with Crippen LogP contribution in [0.25, 0.3) is 6.08 Å². The number of anilines is 1. The molecule has 3 N–H and O–H groups in total. The predicted molar refractivity (Wildman–Crippen MR) is 92.0 cm³/mol. The number of phenolic OH excluding ortho intramolecular Hbond substituents is 2. The Morgan fingerprint density at radius 3 is 2.46 bits per heavy atom. The van der Waals surface area contributed by atoms with E-state index in [2.05, 4.69) is 0 Å². The Kier molecular flexibility index (Phi) is 4.41. The van der Waals surface area contributed by atoms with Crippen LogP contribution < -0.4 is 4.90 Å². The third-order valence-electron chi connectivity index (χ3n) is 3.57. The molecule has 0 saturated carbocycles. The Morgan fingerprint density at radius 2 is 1.81 bits per heavy atom. The van der Waals surface area contributed by atoms with Gasteiger partial charge in [-0.15, -0.1) is 0 Å². The minimum Gasteiger partial charge on any atom is -0.508 e. The van der Waals surface area contributed by atoms with Gasteiger partial charge in [0.2, 0.25) is 0 Å². The molecule has 0 bridgehead atoms. The normalized spacial score (nSPS) is 16.6. The van der Waals surface area contributed by atoms with Gasteiger partial charge in [0.25, 0.3) is 5.91 Å². The summed E-state index contributed by atoms with van der Waals surface area (Å²) in [5, 5.41) is 26.6. The number of thioether (sulfide) groups is 1. The minimum absolute atomic E-state index is 0.0204. The molecule has 1 aliphatic rings. The van der Waals surface area contributed by atoms with Crippen molar-refractivity contribution in [1.29, 1.82) is 5.41 Å². The van der Waals surface area contributed by atoms with E-state index in [1.807, 2.05) is 0 Å². The number of carbonyl (C=O) groups excluding carboxylic acids is 1. The molecule has 134 valence electrons. The third-order valence-corrected chi connectivity index (χ3v) is 4.46. The first-order valence-electron chi connectivity index (χ1n) is 7.19. The summed E-state index contributed by atoms with van der Waals surface area (Å²) < 4.78 is 39.6. The van der Waals surface area contributed by atoms with Crippen molar-refractivity contribution in [3.05, 3.63) is 58.5 Å². The van der Waals surface area contributed by atoms with Gasteiger partial charge < -0.3 is 10.2 Å². The van der Waals surface area contributed by atoms with E-state index in [0.29, 0.717) is 16.7 Å². The lowest BCUT2D eigenvalue weighted by atomic mass is 10.1. The van der Waals surface area contributed by atoms with Crippen LogP contribution in [0.4, 0.5) is 18.9 Å². The lowest BCUT2D eigenvalue weighted by Crippen LogP contribution is -2.30. The van der Waals surface area contributed by atoms with Gasteiger partial charge in [-0.25, -0.2) is 0 Å².